The number of nitrogens with one attached hydrogen (secondary N) is 2. The minimum atomic E-state index is 0.446. The zero-order valence-electron chi connectivity index (χ0n) is 14.0. The molecular weight excluding hydrogens is 302 g/mol. The van der Waals surface area contributed by atoms with Crippen LogP contribution in [-0.4, -0.2) is 33.7 Å². The molecule has 3 aromatic rings. The van der Waals surface area contributed by atoms with Gasteiger partial charge in [0.2, 0.25) is 5.95 Å². The second kappa shape index (κ2) is 6.65. The minimum absolute atomic E-state index is 0.446. The molecule has 0 amide bonds. The summed E-state index contributed by atoms with van der Waals surface area (Å²) in [6.45, 7) is 4.78. The predicted molar refractivity (Wildman–Crippen MR) is 94.2 cm³/mol. The summed E-state index contributed by atoms with van der Waals surface area (Å²) in [6.07, 6.45) is 7.13. The summed E-state index contributed by atoms with van der Waals surface area (Å²) in [5.74, 6) is 2.76. The smallest absolute Gasteiger partial charge is 0.204 e. The third-order valence-corrected chi connectivity index (χ3v) is 4.57. The quantitative estimate of drug-likeness (QED) is 0.772. The van der Waals surface area contributed by atoms with E-state index in [4.69, 9.17) is 9.40 Å². The highest BCUT2D eigenvalue weighted by atomic mass is 16.3. The lowest BCUT2D eigenvalue weighted by Crippen LogP contribution is -2.23. The van der Waals surface area contributed by atoms with Crippen molar-refractivity contribution >= 4 is 17.0 Å². The zero-order chi connectivity index (χ0) is 16.4. The lowest BCUT2D eigenvalue weighted by atomic mass is 10.1. The number of furan rings is 1. The molecular formula is C18H23N5O. The number of hydrogen-bond donors (Lipinski definition) is 2. The Morgan fingerprint density at radius 1 is 1.29 bits per heavy atom. The monoisotopic (exact) mass is 325 g/mol. The van der Waals surface area contributed by atoms with Gasteiger partial charge in [-0.1, -0.05) is 0 Å². The lowest BCUT2D eigenvalue weighted by molar-refractivity contribution is 0.472. The van der Waals surface area contributed by atoms with Crippen LogP contribution < -0.4 is 10.6 Å². The van der Waals surface area contributed by atoms with Crippen molar-refractivity contribution in [3.8, 4) is 0 Å². The van der Waals surface area contributed by atoms with Gasteiger partial charge in [0.05, 0.1) is 23.8 Å². The highest BCUT2D eigenvalue weighted by Crippen LogP contribution is 2.23. The molecule has 1 fully saturated rings. The van der Waals surface area contributed by atoms with Crippen LogP contribution in [0.15, 0.2) is 35.0 Å². The fraction of sp³-hybridized carbons (Fsp3) is 0.444. The second-order valence-electron chi connectivity index (χ2n) is 6.42. The van der Waals surface area contributed by atoms with Crippen LogP contribution >= 0.6 is 0 Å². The van der Waals surface area contributed by atoms with Crippen LogP contribution in [0.3, 0.4) is 0 Å². The topological polar surface area (TPSA) is 67.9 Å². The van der Waals surface area contributed by atoms with Crippen molar-refractivity contribution in [2.45, 2.75) is 38.8 Å². The molecule has 6 heteroatoms. The van der Waals surface area contributed by atoms with Crippen LogP contribution in [0.1, 0.15) is 30.8 Å². The number of rotatable bonds is 4. The number of pyridine rings is 1. The molecule has 6 nitrogen and oxygen atoms in total. The Morgan fingerprint density at radius 2 is 2.25 bits per heavy atom. The van der Waals surface area contributed by atoms with Crippen molar-refractivity contribution in [3.63, 3.8) is 0 Å². The van der Waals surface area contributed by atoms with Crippen molar-refractivity contribution in [2.24, 2.45) is 0 Å². The first-order chi connectivity index (χ1) is 11.8. The maximum absolute atomic E-state index is 5.76. The summed E-state index contributed by atoms with van der Waals surface area (Å²) < 4.78 is 7.93. The molecule has 4 heterocycles. The van der Waals surface area contributed by atoms with E-state index in [2.05, 4.69) is 20.2 Å². The fourth-order valence-corrected chi connectivity index (χ4v) is 3.31. The van der Waals surface area contributed by atoms with Crippen LogP contribution in [0.25, 0.3) is 11.0 Å². The van der Waals surface area contributed by atoms with Gasteiger partial charge < -0.3 is 19.6 Å². The standard InChI is InChI=1S/C18H23N5O/c1-13-4-5-15(24-13)12-23-17-11-20-10-7-16(17)22-18(23)21-14-3-2-8-19-9-6-14/h4-5,7,10-11,14,19H,2-3,6,8-9,12H2,1H3,(H,21,22). The molecule has 0 saturated carbocycles. The van der Waals surface area contributed by atoms with E-state index in [-0.39, 0.29) is 0 Å². The lowest BCUT2D eigenvalue weighted by Gasteiger charge is -2.17. The first kappa shape index (κ1) is 15.2. The summed E-state index contributed by atoms with van der Waals surface area (Å²) in [6, 6.07) is 6.43. The Morgan fingerprint density at radius 3 is 3.12 bits per heavy atom. The van der Waals surface area contributed by atoms with Crippen LogP contribution in [0.5, 0.6) is 0 Å². The van der Waals surface area contributed by atoms with Crippen molar-refractivity contribution < 1.29 is 4.42 Å². The maximum atomic E-state index is 5.76. The van der Waals surface area contributed by atoms with E-state index >= 15 is 0 Å². The average molecular weight is 325 g/mol. The third kappa shape index (κ3) is 3.14. The third-order valence-electron chi connectivity index (χ3n) is 4.57. The Kier molecular flexibility index (Phi) is 4.21. The summed E-state index contributed by atoms with van der Waals surface area (Å²) in [5, 5.41) is 7.10. The number of aromatic nitrogens is 3. The van der Waals surface area contributed by atoms with Crippen LogP contribution in [0.2, 0.25) is 0 Å². The number of fused-ring (bicyclic) bond motifs is 1. The first-order valence-corrected chi connectivity index (χ1v) is 8.62. The number of aryl methyl sites for hydroxylation is 1. The SMILES string of the molecule is Cc1ccc(Cn2c(NC3CCCNCC3)nc3ccncc32)o1. The molecule has 1 saturated heterocycles. The number of nitrogens with zero attached hydrogens (tertiary/aromatic N) is 3. The van der Waals surface area contributed by atoms with Crippen molar-refractivity contribution in [2.75, 3.05) is 18.4 Å². The Hall–Kier alpha value is -2.34. The highest BCUT2D eigenvalue weighted by Gasteiger charge is 2.17. The second-order valence-corrected chi connectivity index (χ2v) is 6.42. The number of imidazole rings is 1. The van der Waals surface area contributed by atoms with Crippen LogP contribution in [0, 0.1) is 6.92 Å². The molecule has 0 aromatic carbocycles. The maximum Gasteiger partial charge on any atom is 0.204 e. The van der Waals surface area contributed by atoms with E-state index in [0.717, 1.165) is 54.4 Å². The van der Waals surface area contributed by atoms with Gasteiger partial charge in [0, 0.05) is 12.2 Å². The zero-order valence-corrected chi connectivity index (χ0v) is 14.0. The molecule has 1 unspecified atom stereocenters. The Bertz CT molecular complexity index is 814. The molecule has 4 rings (SSSR count). The summed E-state index contributed by atoms with van der Waals surface area (Å²) in [7, 11) is 0. The molecule has 2 N–H and O–H groups in total. The number of anilines is 1. The van der Waals surface area contributed by atoms with Gasteiger partial charge in [-0.2, -0.15) is 0 Å². The Labute approximate surface area is 141 Å². The molecule has 24 heavy (non-hydrogen) atoms. The van der Waals surface area contributed by atoms with E-state index in [1.807, 2.05) is 31.3 Å². The normalized spacial score (nSPS) is 18.6. The van der Waals surface area contributed by atoms with E-state index in [0.29, 0.717) is 12.6 Å². The van der Waals surface area contributed by atoms with E-state index in [1.165, 1.54) is 6.42 Å². The van der Waals surface area contributed by atoms with Gasteiger partial charge in [-0.15, -0.1) is 0 Å². The molecule has 0 radical (unpaired) electrons. The molecule has 1 aliphatic heterocycles. The van der Waals surface area contributed by atoms with Gasteiger partial charge in [0.15, 0.2) is 0 Å². The largest absolute Gasteiger partial charge is 0.464 e. The summed E-state index contributed by atoms with van der Waals surface area (Å²) in [4.78, 5) is 9.06. The van der Waals surface area contributed by atoms with Crippen molar-refractivity contribution in [1.29, 1.82) is 0 Å². The van der Waals surface area contributed by atoms with Crippen LogP contribution in [0.4, 0.5) is 5.95 Å². The van der Waals surface area contributed by atoms with Crippen molar-refractivity contribution in [1.82, 2.24) is 19.9 Å². The van der Waals surface area contributed by atoms with E-state index in [1.54, 1.807) is 6.20 Å². The fourth-order valence-electron chi connectivity index (χ4n) is 3.31. The van der Waals surface area contributed by atoms with Gasteiger partial charge in [0.25, 0.3) is 0 Å². The molecule has 0 aliphatic carbocycles. The first-order valence-electron chi connectivity index (χ1n) is 8.62. The molecule has 0 bridgehead atoms. The van der Waals surface area contributed by atoms with Gasteiger partial charge >= 0.3 is 0 Å². The molecule has 1 atom stereocenters. The van der Waals surface area contributed by atoms with E-state index in [9.17, 15) is 0 Å². The molecule has 0 spiro atoms. The Balaban J connectivity index is 1.66. The van der Waals surface area contributed by atoms with Crippen LogP contribution in [-0.2, 0) is 6.54 Å². The minimum Gasteiger partial charge on any atom is -0.464 e. The van der Waals surface area contributed by atoms with Gasteiger partial charge in [0.1, 0.15) is 11.5 Å². The van der Waals surface area contributed by atoms with E-state index < -0.39 is 0 Å². The average Bonchev–Trinajstić information content (AvgIpc) is 3.03. The summed E-state index contributed by atoms with van der Waals surface area (Å²) in [5.41, 5.74) is 1.99. The van der Waals surface area contributed by atoms with Crippen molar-refractivity contribution in [3.05, 3.63) is 42.1 Å². The molecule has 126 valence electrons. The highest BCUT2D eigenvalue weighted by molar-refractivity contribution is 5.77. The van der Waals surface area contributed by atoms with Gasteiger partial charge in [-0.05, 0) is 57.5 Å². The summed E-state index contributed by atoms with van der Waals surface area (Å²) >= 11 is 0. The number of hydrogen-bond acceptors (Lipinski definition) is 5. The van der Waals surface area contributed by atoms with Gasteiger partial charge in [-0.3, -0.25) is 4.98 Å². The molecule has 3 aromatic heterocycles. The molecule has 1 aliphatic rings. The van der Waals surface area contributed by atoms with Gasteiger partial charge in [-0.25, -0.2) is 4.98 Å². The predicted octanol–water partition coefficient (Wildman–Crippen LogP) is 2.94.